The predicted molar refractivity (Wildman–Crippen MR) is 66.4 cm³/mol. The SMILES string of the molecule is O=C(O)c1cnn2ccc(N3CCCC3C(F)(F)F)nc12. The molecule has 0 amide bonds. The van der Waals surface area contributed by atoms with Crippen LogP contribution in [0.5, 0.6) is 0 Å². The van der Waals surface area contributed by atoms with Gasteiger partial charge >= 0.3 is 12.1 Å². The fourth-order valence-electron chi connectivity index (χ4n) is 2.55. The molecular weight excluding hydrogens is 289 g/mol. The van der Waals surface area contributed by atoms with Crippen LogP contribution in [0.25, 0.3) is 5.65 Å². The van der Waals surface area contributed by atoms with Gasteiger partial charge in [0.2, 0.25) is 0 Å². The van der Waals surface area contributed by atoms with Crippen molar-refractivity contribution in [1.29, 1.82) is 0 Å². The van der Waals surface area contributed by atoms with E-state index in [-0.39, 0.29) is 30.0 Å². The number of anilines is 1. The third kappa shape index (κ3) is 2.28. The Morgan fingerprint density at radius 3 is 2.86 bits per heavy atom. The zero-order valence-electron chi connectivity index (χ0n) is 10.7. The average Bonchev–Trinajstić information content (AvgIpc) is 3.04. The van der Waals surface area contributed by atoms with Crippen molar-refractivity contribution in [3.8, 4) is 0 Å². The lowest BCUT2D eigenvalue weighted by atomic mass is 10.2. The number of carboxylic acids is 1. The molecule has 21 heavy (non-hydrogen) atoms. The molecule has 3 heterocycles. The van der Waals surface area contributed by atoms with E-state index in [1.54, 1.807) is 0 Å². The Kier molecular flexibility index (Phi) is 2.99. The molecule has 0 aromatic carbocycles. The fraction of sp³-hybridized carbons (Fsp3) is 0.417. The maximum absolute atomic E-state index is 13.0. The van der Waals surface area contributed by atoms with Crippen molar-refractivity contribution in [2.75, 3.05) is 11.4 Å². The van der Waals surface area contributed by atoms with E-state index in [9.17, 15) is 18.0 Å². The molecule has 2 aromatic rings. The Bertz CT molecular complexity index is 697. The lowest BCUT2D eigenvalue weighted by molar-refractivity contribution is -0.146. The Morgan fingerprint density at radius 2 is 2.19 bits per heavy atom. The Balaban J connectivity index is 2.04. The van der Waals surface area contributed by atoms with Crippen molar-refractivity contribution in [3.63, 3.8) is 0 Å². The third-order valence-corrected chi connectivity index (χ3v) is 3.51. The van der Waals surface area contributed by atoms with Gasteiger partial charge in [0.25, 0.3) is 0 Å². The van der Waals surface area contributed by atoms with Gasteiger partial charge < -0.3 is 10.0 Å². The largest absolute Gasteiger partial charge is 0.477 e. The molecule has 0 spiro atoms. The van der Waals surface area contributed by atoms with Crippen molar-refractivity contribution in [3.05, 3.63) is 24.0 Å². The molecule has 1 unspecified atom stereocenters. The third-order valence-electron chi connectivity index (χ3n) is 3.51. The number of nitrogens with zero attached hydrogens (tertiary/aromatic N) is 4. The van der Waals surface area contributed by atoms with Gasteiger partial charge in [-0.15, -0.1) is 0 Å². The zero-order valence-corrected chi connectivity index (χ0v) is 10.7. The first-order chi connectivity index (χ1) is 9.88. The molecule has 9 heteroatoms. The molecule has 3 rings (SSSR count). The molecule has 112 valence electrons. The van der Waals surface area contributed by atoms with Crippen LogP contribution in [0.4, 0.5) is 19.0 Å². The van der Waals surface area contributed by atoms with Crippen LogP contribution < -0.4 is 4.90 Å². The van der Waals surface area contributed by atoms with Crippen LogP contribution >= 0.6 is 0 Å². The van der Waals surface area contributed by atoms with E-state index in [1.807, 2.05) is 0 Å². The van der Waals surface area contributed by atoms with Gasteiger partial charge in [0, 0.05) is 12.7 Å². The van der Waals surface area contributed by atoms with E-state index >= 15 is 0 Å². The van der Waals surface area contributed by atoms with Gasteiger partial charge in [0.05, 0.1) is 6.20 Å². The molecule has 1 saturated heterocycles. The summed E-state index contributed by atoms with van der Waals surface area (Å²) in [7, 11) is 0. The molecule has 0 aliphatic carbocycles. The van der Waals surface area contributed by atoms with Gasteiger partial charge in [-0.1, -0.05) is 0 Å². The number of rotatable bonds is 2. The molecule has 6 nitrogen and oxygen atoms in total. The number of halogens is 3. The lowest BCUT2D eigenvalue weighted by Gasteiger charge is -2.27. The maximum Gasteiger partial charge on any atom is 0.408 e. The number of hydrogen-bond donors (Lipinski definition) is 1. The van der Waals surface area contributed by atoms with Crippen LogP contribution in [0, 0.1) is 0 Å². The monoisotopic (exact) mass is 300 g/mol. The minimum Gasteiger partial charge on any atom is -0.477 e. The minimum absolute atomic E-state index is 0.0153. The van der Waals surface area contributed by atoms with Crippen molar-refractivity contribution >= 4 is 17.4 Å². The summed E-state index contributed by atoms with van der Waals surface area (Å²) in [5, 5.41) is 12.8. The van der Waals surface area contributed by atoms with E-state index in [2.05, 4.69) is 10.1 Å². The van der Waals surface area contributed by atoms with Gasteiger partial charge in [-0.3, -0.25) is 0 Å². The molecule has 1 N–H and O–H groups in total. The van der Waals surface area contributed by atoms with Crippen LogP contribution in [0.1, 0.15) is 23.2 Å². The number of carbonyl (C=O) groups is 1. The molecule has 1 aliphatic heterocycles. The van der Waals surface area contributed by atoms with Crippen LogP contribution in [0.15, 0.2) is 18.5 Å². The smallest absolute Gasteiger partial charge is 0.408 e. The standard InChI is InChI=1S/C12H11F3N4O2/c13-12(14,15)8-2-1-4-18(8)9-3-5-19-10(17-9)7(6-16-19)11(20)21/h3,5-6,8H,1-2,4H2,(H,20,21). The van der Waals surface area contributed by atoms with Crippen molar-refractivity contribution in [1.82, 2.24) is 14.6 Å². The zero-order chi connectivity index (χ0) is 15.2. The van der Waals surface area contributed by atoms with E-state index in [4.69, 9.17) is 5.11 Å². The molecule has 1 fully saturated rings. The number of hydrogen-bond acceptors (Lipinski definition) is 4. The number of aromatic nitrogens is 3. The highest BCUT2D eigenvalue weighted by atomic mass is 19.4. The van der Waals surface area contributed by atoms with Gasteiger partial charge in [0.1, 0.15) is 17.4 Å². The van der Waals surface area contributed by atoms with Gasteiger partial charge in [-0.25, -0.2) is 14.3 Å². The number of carboxylic acid groups (broad SMARTS) is 1. The maximum atomic E-state index is 13.0. The number of aromatic carboxylic acids is 1. The molecule has 1 aliphatic rings. The summed E-state index contributed by atoms with van der Waals surface area (Å²) in [6.45, 7) is 0.240. The molecular formula is C12H11F3N4O2. The Labute approximate surface area is 116 Å². The van der Waals surface area contributed by atoms with Crippen LogP contribution in [0.2, 0.25) is 0 Å². The first-order valence-electron chi connectivity index (χ1n) is 6.29. The van der Waals surface area contributed by atoms with Crippen molar-refractivity contribution < 1.29 is 23.1 Å². The average molecular weight is 300 g/mol. The van der Waals surface area contributed by atoms with Gasteiger partial charge in [0.15, 0.2) is 5.65 Å². The molecule has 0 radical (unpaired) electrons. The highest BCUT2D eigenvalue weighted by molar-refractivity contribution is 5.94. The summed E-state index contributed by atoms with van der Waals surface area (Å²) < 4.78 is 40.2. The summed E-state index contributed by atoms with van der Waals surface area (Å²) in [5.41, 5.74) is -0.104. The molecule has 2 aromatic heterocycles. The van der Waals surface area contributed by atoms with Crippen molar-refractivity contribution in [2.45, 2.75) is 25.1 Å². The topological polar surface area (TPSA) is 70.7 Å². The number of fused-ring (bicyclic) bond motifs is 1. The second kappa shape index (κ2) is 4.61. The first kappa shape index (κ1) is 13.7. The van der Waals surface area contributed by atoms with Crippen LogP contribution in [0.3, 0.4) is 0 Å². The Morgan fingerprint density at radius 1 is 1.43 bits per heavy atom. The van der Waals surface area contributed by atoms with E-state index in [0.29, 0.717) is 6.42 Å². The summed E-state index contributed by atoms with van der Waals surface area (Å²) in [4.78, 5) is 16.3. The fourth-order valence-corrected chi connectivity index (χ4v) is 2.55. The van der Waals surface area contributed by atoms with Gasteiger partial charge in [-0.2, -0.15) is 18.3 Å². The molecule has 1 atom stereocenters. The van der Waals surface area contributed by atoms with Gasteiger partial charge in [-0.05, 0) is 18.9 Å². The highest BCUT2D eigenvalue weighted by Gasteiger charge is 2.46. The normalized spacial score (nSPS) is 19.4. The van der Waals surface area contributed by atoms with Crippen LogP contribution in [-0.4, -0.2) is 44.4 Å². The highest BCUT2D eigenvalue weighted by Crippen LogP contribution is 2.35. The van der Waals surface area contributed by atoms with E-state index in [1.165, 1.54) is 21.7 Å². The summed E-state index contributed by atoms with van der Waals surface area (Å²) >= 11 is 0. The number of alkyl halides is 3. The van der Waals surface area contributed by atoms with Crippen molar-refractivity contribution in [2.24, 2.45) is 0 Å². The summed E-state index contributed by atoms with van der Waals surface area (Å²) in [5.74, 6) is -1.10. The second-order valence-corrected chi connectivity index (χ2v) is 4.81. The minimum atomic E-state index is -4.33. The summed E-state index contributed by atoms with van der Waals surface area (Å²) in [6, 6.07) is -0.168. The predicted octanol–water partition coefficient (Wildman–Crippen LogP) is 1.96. The molecule has 0 saturated carbocycles. The second-order valence-electron chi connectivity index (χ2n) is 4.81. The van der Waals surface area contributed by atoms with E-state index in [0.717, 1.165) is 6.20 Å². The Hall–Kier alpha value is -2.32. The van der Waals surface area contributed by atoms with Crippen LogP contribution in [-0.2, 0) is 0 Å². The summed E-state index contributed by atoms with van der Waals surface area (Å²) in [6.07, 6.45) is -1.36. The first-order valence-corrected chi connectivity index (χ1v) is 6.29. The molecule has 0 bridgehead atoms. The van der Waals surface area contributed by atoms with E-state index < -0.39 is 18.2 Å². The lowest BCUT2D eigenvalue weighted by Crippen LogP contribution is -2.41. The quantitative estimate of drug-likeness (QED) is 0.918.